The number of aromatic nitrogens is 1. The topological polar surface area (TPSA) is 107 Å². The number of carboxylic acid groups (broad SMARTS) is 1. The van der Waals surface area contributed by atoms with Gasteiger partial charge in [-0.2, -0.15) is 0 Å². The molecule has 0 bridgehead atoms. The highest BCUT2D eigenvalue weighted by Gasteiger charge is 2.23. The van der Waals surface area contributed by atoms with Gasteiger partial charge in [-0.3, -0.25) is 4.79 Å². The molecule has 1 heterocycles. The standard InChI is InChI=1S/C13H11F2N3O4/c14-7-2-1-3-8(15)9(7)11-10(18-6-22-11)12(19)16-4-5-17-13(20)21/h1-3,6,17H,4-5H2,(H,16,19)(H,20,21)/p-1. The zero-order valence-electron chi connectivity index (χ0n) is 11.1. The fraction of sp³-hybridized carbons (Fsp3) is 0.154. The third-order valence-corrected chi connectivity index (χ3v) is 2.65. The van der Waals surface area contributed by atoms with Gasteiger partial charge in [0, 0.05) is 13.1 Å². The lowest BCUT2D eigenvalue weighted by atomic mass is 10.1. The summed E-state index contributed by atoms with van der Waals surface area (Å²) in [6.07, 6.45) is -0.597. The minimum absolute atomic E-state index is 0.0567. The summed E-state index contributed by atoms with van der Waals surface area (Å²) in [6, 6.07) is 3.22. The van der Waals surface area contributed by atoms with Gasteiger partial charge in [0.25, 0.3) is 5.91 Å². The lowest BCUT2D eigenvalue weighted by Gasteiger charge is -2.08. The predicted octanol–water partition coefficient (Wildman–Crippen LogP) is 0.282. The van der Waals surface area contributed by atoms with Crippen LogP contribution in [0, 0.1) is 11.6 Å². The number of carbonyl (C=O) groups excluding carboxylic acids is 2. The summed E-state index contributed by atoms with van der Waals surface area (Å²) in [4.78, 5) is 25.7. The van der Waals surface area contributed by atoms with Crippen LogP contribution in [0.1, 0.15) is 10.5 Å². The molecule has 9 heteroatoms. The summed E-state index contributed by atoms with van der Waals surface area (Å²) in [7, 11) is 0. The number of carbonyl (C=O) groups is 2. The SMILES string of the molecule is O=C([O-])NCCNC(=O)c1ncoc1-c1c(F)cccc1F. The van der Waals surface area contributed by atoms with E-state index in [0.29, 0.717) is 0 Å². The van der Waals surface area contributed by atoms with Crippen molar-refractivity contribution in [3.63, 3.8) is 0 Å². The fourth-order valence-corrected chi connectivity index (χ4v) is 1.72. The van der Waals surface area contributed by atoms with E-state index < -0.39 is 29.2 Å². The van der Waals surface area contributed by atoms with Crippen LogP contribution in [0.2, 0.25) is 0 Å². The Kier molecular flexibility index (Phi) is 4.66. The molecule has 0 radical (unpaired) electrons. The van der Waals surface area contributed by atoms with E-state index in [-0.39, 0.29) is 24.5 Å². The maximum atomic E-state index is 13.7. The number of hydrogen-bond donors (Lipinski definition) is 2. The van der Waals surface area contributed by atoms with Crippen LogP contribution in [0.5, 0.6) is 0 Å². The lowest BCUT2D eigenvalue weighted by Crippen LogP contribution is -2.41. The van der Waals surface area contributed by atoms with E-state index in [1.54, 1.807) is 0 Å². The van der Waals surface area contributed by atoms with Crippen molar-refractivity contribution >= 4 is 12.0 Å². The average Bonchev–Trinajstić information content (AvgIpc) is 2.92. The van der Waals surface area contributed by atoms with Crippen molar-refractivity contribution in [1.29, 1.82) is 0 Å². The molecule has 2 amide bonds. The Hall–Kier alpha value is -2.97. The van der Waals surface area contributed by atoms with E-state index in [4.69, 9.17) is 4.42 Å². The Bertz CT molecular complexity index is 682. The van der Waals surface area contributed by atoms with Crippen LogP contribution >= 0.6 is 0 Å². The molecule has 22 heavy (non-hydrogen) atoms. The third kappa shape index (κ3) is 3.37. The number of rotatable bonds is 5. The van der Waals surface area contributed by atoms with Crippen LogP contribution in [0.25, 0.3) is 11.3 Å². The highest BCUT2D eigenvalue weighted by Crippen LogP contribution is 2.28. The Balaban J connectivity index is 2.16. The predicted molar refractivity (Wildman–Crippen MR) is 67.6 cm³/mol. The summed E-state index contributed by atoms with van der Waals surface area (Å²) in [5, 5.41) is 14.4. The Labute approximate surface area is 123 Å². The molecular formula is C13H10F2N3O4-. The molecule has 2 aromatic rings. The van der Waals surface area contributed by atoms with Gasteiger partial charge in [-0.15, -0.1) is 0 Å². The van der Waals surface area contributed by atoms with Crippen molar-refractivity contribution in [3.8, 4) is 11.3 Å². The van der Waals surface area contributed by atoms with Gasteiger partial charge in [-0.1, -0.05) is 6.07 Å². The van der Waals surface area contributed by atoms with Crippen LogP contribution in [-0.2, 0) is 0 Å². The van der Waals surface area contributed by atoms with Gasteiger partial charge in [-0.25, -0.2) is 13.8 Å². The molecular weight excluding hydrogens is 300 g/mol. The van der Waals surface area contributed by atoms with Gasteiger partial charge in [0.15, 0.2) is 17.8 Å². The van der Waals surface area contributed by atoms with Gasteiger partial charge >= 0.3 is 0 Å². The van der Waals surface area contributed by atoms with E-state index in [2.05, 4.69) is 10.3 Å². The van der Waals surface area contributed by atoms with Gasteiger partial charge < -0.3 is 25.0 Å². The number of hydrogen-bond acceptors (Lipinski definition) is 5. The van der Waals surface area contributed by atoms with Gasteiger partial charge in [0.05, 0.1) is 5.56 Å². The van der Waals surface area contributed by atoms with E-state index >= 15 is 0 Å². The third-order valence-electron chi connectivity index (χ3n) is 2.65. The number of benzene rings is 1. The fourth-order valence-electron chi connectivity index (χ4n) is 1.72. The van der Waals surface area contributed by atoms with Crippen molar-refractivity contribution in [2.24, 2.45) is 0 Å². The Morgan fingerprint density at radius 1 is 1.18 bits per heavy atom. The molecule has 2 N–H and O–H groups in total. The molecule has 0 aliphatic carbocycles. The van der Waals surface area contributed by atoms with Crippen molar-refractivity contribution < 1.29 is 27.9 Å². The molecule has 0 saturated carbocycles. The molecule has 0 spiro atoms. The van der Waals surface area contributed by atoms with Gasteiger partial charge in [0.2, 0.25) is 0 Å². The van der Waals surface area contributed by atoms with Crippen molar-refractivity contribution in [2.75, 3.05) is 13.1 Å². The maximum absolute atomic E-state index is 13.7. The van der Waals surface area contributed by atoms with Crippen LogP contribution in [0.15, 0.2) is 29.0 Å². The zero-order valence-corrected chi connectivity index (χ0v) is 11.1. The number of amides is 2. The second kappa shape index (κ2) is 6.66. The smallest absolute Gasteiger partial charge is 0.273 e. The molecule has 1 aromatic heterocycles. The number of oxazole rings is 1. The summed E-state index contributed by atoms with van der Waals surface area (Å²) < 4.78 is 32.3. The number of nitrogens with zero attached hydrogens (tertiary/aromatic N) is 1. The zero-order chi connectivity index (χ0) is 16.1. The monoisotopic (exact) mass is 310 g/mol. The van der Waals surface area contributed by atoms with Crippen molar-refractivity contribution in [3.05, 3.63) is 41.9 Å². The molecule has 0 saturated heterocycles. The molecule has 0 unspecified atom stereocenters. The summed E-state index contributed by atoms with van der Waals surface area (Å²) in [5.41, 5.74) is -0.810. The summed E-state index contributed by atoms with van der Waals surface area (Å²) in [5.74, 6) is -2.90. The minimum atomic E-state index is -1.48. The largest absolute Gasteiger partial charge is 0.530 e. The van der Waals surface area contributed by atoms with Gasteiger partial charge in [0.1, 0.15) is 17.7 Å². The van der Waals surface area contributed by atoms with Gasteiger partial charge in [-0.05, 0) is 12.1 Å². The van der Waals surface area contributed by atoms with Crippen LogP contribution < -0.4 is 15.7 Å². The van der Waals surface area contributed by atoms with E-state index in [9.17, 15) is 23.5 Å². The number of nitrogens with one attached hydrogen (secondary N) is 2. The molecule has 2 rings (SSSR count). The van der Waals surface area contributed by atoms with Crippen LogP contribution in [0.4, 0.5) is 13.6 Å². The van der Waals surface area contributed by atoms with Crippen molar-refractivity contribution in [2.45, 2.75) is 0 Å². The van der Waals surface area contributed by atoms with Crippen LogP contribution in [-0.4, -0.2) is 30.1 Å². The Morgan fingerprint density at radius 2 is 1.82 bits per heavy atom. The maximum Gasteiger partial charge on any atom is 0.273 e. The molecule has 1 aromatic carbocycles. The average molecular weight is 310 g/mol. The van der Waals surface area contributed by atoms with E-state index in [1.165, 1.54) is 6.07 Å². The second-order valence-corrected chi connectivity index (χ2v) is 4.10. The first-order valence-corrected chi connectivity index (χ1v) is 6.11. The molecule has 116 valence electrons. The normalized spacial score (nSPS) is 10.3. The molecule has 0 aliphatic heterocycles. The molecule has 0 atom stereocenters. The minimum Gasteiger partial charge on any atom is -0.530 e. The van der Waals surface area contributed by atoms with E-state index in [1.807, 2.05) is 5.32 Å². The summed E-state index contributed by atoms with van der Waals surface area (Å²) >= 11 is 0. The first-order chi connectivity index (χ1) is 10.5. The lowest BCUT2D eigenvalue weighted by molar-refractivity contribution is -0.250. The molecule has 0 fully saturated rings. The highest BCUT2D eigenvalue weighted by molar-refractivity contribution is 5.97. The molecule has 0 aliphatic rings. The first-order valence-electron chi connectivity index (χ1n) is 6.11. The second-order valence-electron chi connectivity index (χ2n) is 4.10. The number of halogens is 2. The molecule has 7 nitrogen and oxygen atoms in total. The first kappa shape index (κ1) is 15.4. The van der Waals surface area contributed by atoms with Crippen molar-refractivity contribution in [1.82, 2.24) is 15.6 Å². The van der Waals surface area contributed by atoms with Crippen LogP contribution in [0.3, 0.4) is 0 Å². The van der Waals surface area contributed by atoms with E-state index in [0.717, 1.165) is 18.5 Å². The Morgan fingerprint density at radius 3 is 2.45 bits per heavy atom. The highest BCUT2D eigenvalue weighted by atomic mass is 19.1. The summed E-state index contributed by atoms with van der Waals surface area (Å²) in [6.45, 7) is -0.145. The quantitative estimate of drug-likeness (QED) is 0.771.